The lowest BCUT2D eigenvalue weighted by molar-refractivity contribution is 0.308. The summed E-state index contributed by atoms with van der Waals surface area (Å²) >= 11 is 0. The first-order chi connectivity index (χ1) is 7.58. The second kappa shape index (κ2) is 8.33. The molecule has 1 aromatic rings. The predicted molar refractivity (Wildman–Crippen MR) is 79.4 cm³/mol. The second-order valence-electron chi connectivity index (χ2n) is 5.52. The van der Waals surface area contributed by atoms with E-state index in [1.54, 1.807) is 0 Å². The first-order valence-electron chi connectivity index (χ1n) is 6.61. The van der Waals surface area contributed by atoms with E-state index < -0.39 is 0 Å². The third-order valence-corrected chi connectivity index (χ3v) is 3.52. The Morgan fingerprint density at radius 3 is 1.18 bits per heavy atom. The van der Waals surface area contributed by atoms with Crippen LogP contribution in [-0.4, -0.2) is 0 Å². The van der Waals surface area contributed by atoms with Crippen molar-refractivity contribution in [3.63, 3.8) is 0 Å². The highest BCUT2D eigenvalue weighted by Crippen LogP contribution is 2.27. The zero-order chi connectivity index (χ0) is 12.0. The van der Waals surface area contributed by atoms with Crippen LogP contribution in [0.25, 0.3) is 0 Å². The summed E-state index contributed by atoms with van der Waals surface area (Å²) in [7, 11) is 0. The number of hydrogen-bond donors (Lipinski definition) is 0. The van der Waals surface area contributed by atoms with Crippen LogP contribution in [0.1, 0.15) is 58.1 Å². The van der Waals surface area contributed by atoms with Gasteiger partial charge in [0.1, 0.15) is 0 Å². The zero-order valence-corrected chi connectivity index (χ0v) is 11.3. The molecule has 0 heteroatoms. The van der Waals surface area contributed by atoms with E-state index in [2.05, 4.69) is 52.0 Å². The maximum absolute atomic E-state index is 2.37. The standard InChI is InChI=1S/C8H16.C8H10.CH4/c2*1-7-3-5-8(2)6-4-7;/h7-8H,3-6H2,1-2H3;3-6H,1-2H3;1H4. The van der Waals surface area contributed by atoms with E-state index in [0.717, 1.165) is 11.8 Å². The molecular formula is C17H30. The van der Waals surface area contributed by atoms with Gasteiger partial charge in [0.25, 0.3) is 0 Å². The fourth-order valence-corrected chi connectivity index (χ4v) is 2.06. The normalized spacial score (nSPS) is 23.1. The van der Waals surface area contributed by atoms with Crippen LogP contribution in [-0.2, 0) is 0 Å². The van der Waals surface area contributed by atoms with Crippen molar-refractivity contribution in [3.05, 3.63) is 35.4 Å². The van der Waals surface area contributed by atoms with Gasteiger partial charge in [-0.2, -0.15) is 0 Å². The first kappa shape index (κ1) is 16.2. The molecule has 1 aliphatic rings. The molecule has 2 rings (SSSR count). The van der Waals surface area contributed by atoms with Crippen molar-refractivity contribution in [2.24, 2.45) is 11.8 Å². The molecule has 98 valence electrons. The van der Waals surface area contributed by atoms with Crippen molar-refractivity contribution >= 4 is 0 Å². The highest BCUT2D eigenvalue weighted by atomic mass is 14.2. The van der Waals surface area contributed by atoms with Gasteiger partial charge in [0.05, 0.1) is 0 Å². The van der Waals surface area contributed by atoms with Gasteiger partial charge in [-0.3, -0.25) is 0 Å². The van der Waals surface area contributed by atoms with E-state index in [1.807, 2.05) is 0 Å². The Kier molecular flexibility index (Phi) is 7.95. The average Bonchev–Trinajstić information content (AvgIpc) is 2.28. The van der Waals surface area contributed by atoms with E-state index in [0.29, 0.717) is 0 Å². The van der Waals surface area contributed by atoms with Gasteiger partial charge in [-0.25, -0.2) is 0 Å². The van der Waals surface area contributed by atoms with Crippen LogP contribution in [0.2, 0.25) is 0 Å². The minimum atomic E-state index is 0. The van der Waals surface area contributed by atoms with Crippen molar-refractivity contribution in [1.82, 2.24) is 0 Å². The third-order valence-electron chi connectivity index (χ3n) is 3.52. The molecule has 0 aliphatic heterocycles. The van der Waals surface area contributed by atoms with Crippen molar-refractivity contribution < 1.29 is 0 Å². The number of rotatable bonds is 0. The number of benzene rings is 1. The number of hydrogen-bond acceptors (Lipinski definition) is 0. The monoisotopic (exact) mass is 234 g/mol. The molecule has 0 nitrogen and oxygen atoms in total. The van der Waals surface area contributed by atoms with E-state index >= 15 is 0 Å². The van der Waals surface area contributed by atoms with Gasteiger partial charge in [0, 0.05) is 0 Å². The van der Waals surface area contributed by atoms with Crippen molar-refractivity contribution in [1.29, 1.82) is 0 Å². The molecule has 0 radical (unpaired) electrons. The SMILES string of the molecule is C.CC1CCC(C)CC1.Cc1ccc(C)cc1. The van der Waals surface area contributed by atoms with Crippen LogP contribution >= 0.6 is 0 Å². The molecule has 1 aliphatic carbocycles. The molecule has 0 N–H and O–H groups in total. The van der Waals surface area contributed by atoms with Gasteiger partial charge in [0.15, 0.2) is 0 Å². The highest BCUT2D eigenvalue weighted by Gasteiger charge is 2.13. The molecule has 1 saturated carbocycles. The maximum atomic E-state index is 2.37. The third kappa shape index (κ3) is 7.20. The molecule has 0 spiro atoms. The Morgan fingerprint density at radius 1 is 0.706 bits per heavy atom. The lowest BCUT2D eigenvalue weighted by Crippen LogP contribution is -2.08. The molecule has 1 aromatic carbocycles. The summed E-state index contributed by atoms with van der Waals surface area (Å²) < 4.78 is 0. The molecule has 0 amide bonds. The van der Waals surface area contributed by atoms with Crippen molar-refractivity contribution in [2.45, 2.75) is 60.8 Å². The summed E-state index contributed by atoms with van der Waals surface area (Å²) in [6.07, 6.45) is 5.89. The Labute approximate surface area is 108 Å². The predicted octanol–water partition coefficient (Wildman–Crippen LogP) is 5.77. The smallest absolute Gasteiger partial charge is 0.0398 e. The van der Waals surface area contributed by atoms with Gasteiger partial charge in [-0.15, -0.1) is 0 Å². The van der Waals surface area contributed by atoms with Crippen molar-refractivity contribution in [2.75, 3.05) is 0 Å². The molecule has 0 heterocycles. The molecule has 0 unspecified atom stereocenters. The van der Waals surface area contributed by atoms with Gasteiger partial charge in [0.2, 0.25) is 0 Å². The topological polar surface area (TPSA) is 0 Å². The van der Waals surface area contributed by atoms with E-state index in [1.165, 1.54) is 36.8 Å². The molecule has 0 bridgehead atoms. The second-order valence-corrected chi connectivity index (χ2v) is 5.52. The number of aryl methyl sites for hydroxylation is 2. The van der Waals surface area contributed by atoms with Crippen molar-refractivity contribution in [3.8, 4) is 0 Å². The summed E-state index contributed by atoms with van der Waals surface area (Å²) in [6.45, 7) is 8.93. The molecule has 17 heavy (non-hydrogen) atoms. The summed E-state index contributed by atoms with van der Waals surface area (Å²) in [5.74, 6) is 2.04. The largest absolute Gasteiger partial charge is 0.0776 e. The minimum absolute atomic E-state index is 0. The van der Waals surface area contributed by atoms with Crippen LogP contribution in [0.15, 0.2) is 24.3 Å². The average molecular weight is 234 g/mol. The Balaban J connectivity index is 0.000000284. The maximum Gasteiger partial charge on any atom is -0.0398 e. The summed E-state index contributed by atoms with van der Waals surface area (Å²) in [5, 5.41) is 0. The van der Waals surface area contributed by atoms with Crippen LogP contribution in [0.5, 0.6) is 0 Å². The molecular weight excluding hydrogens is 204 g/mol. The van der Waals surface area contributed by atoms with E-state index in [4.69, 9.17) is 0 Å². The summed E-state index contributed by atoms with van der Waals surface area (Å²) in [6, 6.07) is 8.48. The van der Waals surface area contributed by atoms with Crippen LogP contribution in [0.4, 0.5) is 0 Å². The molecule has 0 saturated heterocycles. The molecule has 1 fully saturated rings. The summed E-state index contributed by atoms with van der Waals surface area (Å²) in [5.41, 5.74) is 2.66. The minimum Gasteiger partial charge on any atom is -0.0776 e. The fourth-order valence-electron chi connectivity index (χ4n) is 2.06. The lowest BCUT2D eigenvalue weighted by Gasteiger charge is -2.22. The molecule has 0 atom stereocenters. The lowest BCUT2D eigenvalue weighted by atomic mass is 9.84. The van der Waals surface area contributed by atoms with Gasteiger partial charge in [-0.05, 0) is 25.7 Å². The van der Waals surface area contributed by atoms with Gasteiger partial charge in [-0.1, -0.05) is 82.3 Å². The van der Waals surface area contributed by atoms with Crippen LogP contribution < -0.4 is 0 Å². The Bertz CT molecular complexity index is 244. The Morgan fingerprint density at radius 2 is 0.941 bits per heavy atom. The quantitative estimate of drug-likeness (QED) is 0.534. The zero-order valence-electron chi connectivity index (χ0n) is 11.3. The van der Waals surface area contributed by atoms with Gasteiger partial charge < -0.3 is 0 Å². The van der Waals surface area contributed by atoms with Gasteiger partial charge >= 0.3 is 0 Å². The van der Waals surface area contributed by atoms with Crippen LogP contribution in [0, 0.1) is 25.7 Å². The first-order valence-corrected chi connectivity index (χ1v) is 6.61. The van der Waals surface area contributed by atoms with Crippen LogP contribution in [0.3, 0.4) is 0 Å². The Hall–Kier alpha value is -0.780. The highest BCUT2D eigenvalue weighted by molar-refractivity contribution is 5.19. The molecule has 0 aromatic heterocycles. The van der Waals surface area contributed by atoms with E-state index in [9.17, 15) is 0 Å². The summed E-state index contributed by atoms with van der Waals surface area (Å²) in [4.78, 5) is 0. The fraction of sp³-hybridized carbons (Fsp3) is 0.647. The van der Waals surface area contributed by atoms with E-state index in [-0.39, 0.29) is 7.43 Å².